The summed E-state index contributed by atoms with van der Waals surface area (Å²) < 4.78 is 38.4. The first-order chi connectivity index (χ1) is 14.9. The van der Waals surface area contributed by atoms with Crippen LogP contribution in [0, 0.1) is 5.92 Å². The molecule has 0 unspecified atom stereocenters. The van der Waals surface area contributed by atoms with Crippen molar-refractivity contribution in [3.05, 3.63) is 53.6 Å². The molecule has 1 fully saturated rings. The molecule has 0 radical (unpaired) electrons. The monoisotopic (exact) mass is 444 g/mol. The zero-order valence-corrected chi connectivity index (χ0v) is 18.7. The average Bonchev–Trinajstić information content (AvgIpc) is 2.82. The van der Waals surface area contributed by atoms with Crippen molar-refractivity contribution in [1.29, 1.82) is 0 Å². The summed E-state index contributed by atoms with van der Waals surface area (Å²) in [5.41, 5.74) is 2.46. The number of carbonyl (C=O) groups excluding carboxylic acids is 1. The Hall–Kier alpha value is -2.58. The number of hydrogen-bond donors (Lipinski definition) is 0. The molecule has 31 heavy (non-hydrogen) atoms. The van der Waals surface area contributed by atoms with Gasteiger partial charge in [-0.2, -0.15) is 4.31 Å². The Labute approximate surface area is 183 Å². The number of fused-ring (bicyclic) bond motifs is 1. The lowest BCUT2D eigenvalue weighted by Gasteiger charge is -2.36. The van der Waals surface area contributed by atoms with Crippen molar-refractivity contribution < 1.29 is 22.7 Å². The number of hydrogen-bond acceptors (Lipinski definition) is 5. The largest absolute Gasteiger partial charge is 0.493 e. The quantitative estimate of drug-likeness (QED) is 0.709. The Bertz CT molecular complexity index is 1070. The molecule has 7 nitrogen and oxygen atoms in total. The minimum atomic E-state index is -3.74. The van der Waals surface area contributed by atoms with Crippen LogP contribution in [0.3, 0.4) is 0 Å². The Morgan fingerprint density at radius 1 is 1.00 bits per heavy atom. The van der Waals surface area contributed by atoms with Gasteiger partial charge in [0.05, 0.1) is 25.0 Å². The van der Waals surface area contributed by atoms with E-state index in [9.17, 15) is 13.2 Å². The number of ether oxygens (including phenoxy) is 2. The molecule has 8 heteroatoms. The number of benzene rings is 2. The zero-order valence-electron chi connectivity index (χ0n) is 17.9. The van der Waals surface area contributed by atoms with Crippen LogP contribution < -0.4 is 9.47 Å². The summed E-state index contributed by atoms with van der Waals surface area (Å²) in [4.78, 5) is 15.2. The first kappa shape index (κ1) is 21.6. The van der Waals surface area contributed by atoms with Gasteiger partial charge in [-0.1, -0.05) is 24.3 Å². The van der Waals surface area contributed by atoms with Crippen molar-refractivity contribution in [1.82, 2.24) is 9.21 Å². The van der Waals surface area contributed by atoms with Crippen molar-refractivity contribution in [2.75, 3.05) is 33.9 Å². The van der Waals surface area contributed by atoms with Gasteiger partial charge in [-0.15, -0.1) is 0 Å². The van der Waals surface area contributed by atoms with E-state index in [1.807, 2.05) is 17.0 Å². The summed E-state index contributed by atoms with van der Waals surface area (Å²) >= 11 is 0. The Kier molecular flexibility index (Phi) is 6.20. The Balaban J connectivity index is 1.50. The minimum Gasteiger partial charge on any atom is -0.493 e. The molecule has 0 bridgehead atoms. The lowest BCUT2D eigenvalue weighted by molar-refractivity contribution is -0.137. The van der Waals surface area contributed by atoms with Crippen LogP contribution in [0.2, 0.25) is 0 Å². The first-order valence-electron chi connectivity index (χ1n) is 10.5. The van der Waals surface area contributed by atoms with E-state index in [4.69, 9.17) is 9.47 Å². The number of rotatable bonds is 5. The van der Waals surface area contributed by atoms with Gasteiger partial charge in [0.1, 0.15) is 0 Å². The van der Waals surface area contributed by atoms with Gasteiger partial charge in [-0.05, 0) is 42.5 Å². The first-order valence-corrected chi connectivity index (χ1v) is 12.0. The molecule has 0 N–H and O–H groups in total. The van der Waals surface area contributed by atoms with Gasteiger partial charge in [0.15, 0.2) is 11.5 Å². The molecule has 2 heterocycles. The number of methoxy groups -OCH3 is 2. The molecule has 1 amide bonds. The van der Waals surface area contributed by atoms with Crippen molar-refractivity contribution in [3.8, 4) is 11.5 Å². The molecule has 2 aromatic carbocycles. The maximum absolute atomic E-state index is 13.3. The highest BCUT2D eigenvalue weighted by Gasteiger charge is 2.36. The van der Waals surface area contributed by atoms with E-state index < -0.39 is 10.0 Å². The molecule has 4 rings (SSSR count). The van der Waals surface area contributed by atoms with Crippen LogP contribution in [0.1, 0.15) is 24.0 Å². The normalized spacial score (nSPS) is 19.5. The second-order valence-electron chi connectivity index (χ2n) is 8.00. The summed E-state index contributed by atoms with van der Waals surface area (Å²) in [6.45, 7) is 1.87. The molecule has 2 aliphatic rings. The zero-order chi connectivity index (χ0) is 22.0. The molecule has 0 saturated carbocycles. The van der Waals surface area contributed by atoms with E-state index in [0.29, 0.717) is 44.0 Å². The van der Waals surface area contributed by atoms with Crippen LogP contribution >= 0.6 is 0 Å². The Morgan fingerprint density at radius 2 is 1.74 bits per heavy atom. The maximum Gasteiger partial charge on any atom is 0.243 e. The minimum absolute atomic E-state index is 0.0433. The smallest absolute Gasteiger partial charge is 0.243 e. The predicted octanol–water partition coefficient (Wildman–Crippen LogP) is 2.69. The van der Waals surface area contributed by atoms with Gasteiger partial charge in [0.2, 0.25) is 15.9 Å². The number of carbonyl (C=O) groups is 1. The maximum atomic E-state index is 13.3. The predicted molar refractivity (Wildman–Crippen MR) is 117 cm³/mol. The third kappa shape index (κ3) is 4.27. The number of sulfonamides is 1. The van der Waals surface area contributed by atoms with Crippen LogP contribution in [0.4, 0.5) is 0 Å². The molecule has 2 aromatic rings. The SMILES string of the molecule is COc1ccc(S(=O)(=O)N2CCC[C@H](C(=O)N3CCc4ccccc4C3)C2)cc1OC. The Morgan fingerprint density at radius 3 is 2.48 bits per heavy atom. The second-order valence-corrected chi connectivity index (χ2v) is 9.94. The van der Waals surface area contributed by atoms with Crippen LogP contribution in [0.5, 0.6) is 11.5 Å². The third-order valence-corrected chi connectivity index (χ3v) is 8.03. The highest BCUT2D eigenvalue weighted by atomic mass is 32.2. The van der Waals surface area contributed by atoms with E-state index in [1.54, 1.807) is 6.07 Å². The fraction of sp³-hybridized carbons (Fsp3) is 0.435. The van der Waals surface area contributed by atoms with E-state index in [2.05, 4.69) is 12.1 Å². The molecule has 0 aliphatic carbocycles. The summed E-state index contributed by atoms with van der Waals surface area (Å²) in [5, 5.41) is 0. The van der Waals surface area contributed by atoms with Crippen LogP contribution in [0.15, 0.2) is 47.4 Å². The van der Waals surface area contributed by atoms with Crippen LogP contribution in [0.25, 0.3) is 0 Å². The molecular weight excluding hydrogens is 416 g/mol. The highest BCUT2D eigenvalue weighted by molar-refractivity contribution is 7.89. The summed E-state index contributed by atoms with van der Waals surface area (Å²) in [5.74, 6) is 0.550. The van der Waals surface area contributed by atoms with E-state index >= 15 is 0 Å². The number of amides is 1. The van der Waals surface area contributed by atoms with Crippen molar-refractivity contribution in [2.24, 2.45) is 5.92 Å². The standard InChI is InChI=1S/C23H28N2O5S/c1-29-21-10-9-20(14-22(21)30-2)31(27,28)25-12-5-8-19(16-25)23(26)24-13-11-17-6-3-4-7-18(17)15-24/h3-4,6-7,9-10,14,19H,5,8,11-13,15-16H2,1-2H3/t19-/m0/s1. The molecule has 2 aliphatic heterocycles. The third-order valence-electron chi connectivity index (χ3n) is 6.17. The van der Waals surface area contributed by atoms with Gasteiger partial charge in [0, 0.05) is 32.2 Å². The van der Waals surface area contributed by atoms with E-state index in [1.165, 1.54) is 41.8 Å². The lowest BCUT2D eigenvalue weighted by Crippen LogP contribution is -2.47. The van der Waals surface area contributed by atoms with Crippen LogP contribution in [-0.4, -0.2) is 57.4 Å². The van der Waals surface area contributed by atoms with Gasteiger partial charge < -0.3 is 14.4 Å². The van der Waals surface area contributed by atoms with Crippen molar-refractivity contribution in [3.63, 3.8) is 0 Å². The lowest BCUT2D eigenvalue weighted by atomic mass is 9.95. The highest BCUT2D eigenvalue weighted by Crippen LogP contribution is 2.32. The molecule has 1 atom stereocenters. The fourth-order valence-corrected chi connectivity index (χ4v) is 5.97. The fourth-order valence-electron chi connectivity index (χ4n) is 4.43. The summed E-state index contributed by atoms with van der Waals surface area (Å²) in [7, 11) is -0.760. The second kappa shape index (κ2) is 8.88. The van der Waals surface area contributed by atoms with Crippen molar-refractivity contribution in [2.45, 2.75) is 30.7 Å². The number of nitrogens with zero attached hydrogens (tertiary/aromatic N) is 2. The van der Waals surface area contributed by atoms with Gasteiger partial charge in [0.25, 0.3) is 0 Å². The molecule has 1 saturated heterocycles. The number of piperidine rings is 1. The van der Waals surface area contributed by atoms with E-state index in [0.717, 1.165) is 6.42 Å². The van der Waals surface area contributed by atoms with Gasteiger partial charge in [-0.3, -0.25) is 4.79 Å². The van der Waals surface area contributed by atoms with Gasteiger partial charge in [-0.25, -0.2) is 8.42 Å². The molecule has 166 valence electrons. The average molecular weight is 445 g/mol. The molecule has 0 spiro atoms. The summed E-state index contributed by atoms with van der Waals surface area (Å²) in [6, 6.07) is 12.8. The molecular formula is C23H28N2O5S. The topological polar surface area (TPSA) is 76.2 Å². The van der Waals surface area contributed by atoms with Crippen LogP contribution in [-0.2, 0) is 27.8 Å². The van der Waals surface area contributed by atoms with Crippen molar-refractivity contribution >= 4 is 15.9 Å². The van der Waals surface area contributed by atoms with E-state index in [-0.39, 0.29) is 23.3 Å². The van der Waals surface area contributed by atoms with Gasteiger partial charge >= 0.3 is 0 Å². The summed E-state index contributed by atoms with van der Waals surface area (Å²) in [6.07, 6.45) is 2.20. The molecule has 0 aromatic heterocycles.